The third-order valence-corrected chi connectivity index (χ3v) is 3.39. The van der Waals surface area contributed by atoms with Gasteiger partial charge in [-0.15, -0.1) is 0 Å². The number of aliphatic hydroxyl groups is 2. The Morgan fingerprint density at radius 1 is 1.53 bits per heavy atom. The number of likely N-dealkylation sites (tertiary alicyclic amines) is 1. The molecule has 0 bridgehead atoms. The van der Waals surface area contributed by atoms with Crippen LogP contribution in [0.4, 0.5) is 0 Å². The molecule has 0 spiro atoms. The SMILES string of the molecule is CCC1CN(CC(O)CO)CCC1NC. The van der Waals surface area contributed by atoms with E-state index in [0.717, 1.165) is 25.9 Å². The van der Waals surface area contributed by atoms with Gasteiger partial charge in [0.1, 0.15) is 0 Å². The van der Waals surface area contributed by atoms with Crippen LogP contribution in [-0.2, 0) is 0 Å². The van der Waals surface area contributed by atoms with E-state index < -0.39 is 6.10 Å². The van der Waals surface area contributed by atoms with Gasteiger partial charge in [0.25, 0.3) is 0 Å². The first kappa shape index (κ1) is 12.9. The molecule has 0 aromatic rings. The molecule has 0 saturated carbocycles. The van der Waals surface area contributed by atoms with Crippen LogP contribution in [0.15, 0.2) is 0 Å². The summed E-state index contributed by atoms with van der Waals surface area (Å²) in [4.78, 5) is 2.25. The van der Waals surface area contributed by atoms with Crippen LogP contribution in [0.3, 0.4) is 0 Å². The second-order valence-corrected chi connectivity index (χ2v) is 4.45. The van der Waals surface area contributed by atoms with Crippen molar-refractivity contribution in [3.8, 4) is 0 Å². The Morgan fingerprint density at radius 3 is 2.80 bits per heavy atom. The van der Waals surface area contributed by atoms with Crippen molar-refractivity contribution in [1.29, 1.82) is 0 Å². The van der Waals surface area contributed by atoms with Gasteiger partial charge < -0.3 is 20.4 Å². The summed E-state index contributed by atoms with van der Waals surface area (Å²) in [6.07, 6.45) is 1.71. The maximum Gasteiger partial charge on any atom is 0.0897 e. The molecule has 90 valence electrons. The first-order valence-corrected chi connectivity index (χ1v) is 5.89. The average Bonchev–Trinajstić information content (AvgIpc) is 2.28. The highest BCUT2D eigenvalue weighted by atomic mass is 16.3. The van der Waals surface area contributed by atoms with Crippen LogP contribution < -0.4 is 5.32 Å². The molecule has 1 heterocycles. The highest BCUT2D eigenvalue weighted by Crippen LogP contribution is 2.19. The number of hydrogen-bond donors (Lipinski definition) is 3. The van der Waals surface area contributed by atoms with E-state index in [1.807, 2.05) is 7.05 Å². The Balaban J connectivity index is 2.38. The number of nitrogens with zero attached hydrogens (tertiary/aromatic N) is 1. The molecular weight excluding hydrogens is 192 g/mol. The van der Waals surface area contributed by atoms with Crippen molar-refractivity contribution >= 4 is 0 Å². The van der Waals surface area contributed by atoms with Gasteiger partial charge in [-0.2, -0.15) is 0 Å². The summed E-state index contributed by atoms with van der Waals surface area (Å²) in [5.74, 6) is 0.662. The van der Waals surface area contributed by atoms with Gasteiger partial charge in [-0.1, -0.05) is 13.3 Å². The normalized spacial score (nSPS) is 30.4. The lowest BCUT2D eigenvalue weighted by Crippen LogP contribution is -2.50. The fourth-order valence-electron chi connectivity index (χ4n) is 2.42. The zero-order valence-corrected chi connectivity index (χ0v) is 9.82. The van der Waals surface area contributed by atoms with E-state index in [1.165, 1.54) is 0 Å². The molecule has 0 aromatic heterocycles. The highest BCUT2D eigenvalue weighted by Gasteiger charge is 2.27. The quantitative estimate of drug-likeness (QED) is 0.588. The van der Waals surface area contributed by atoms with E-state index in [1.54, 1.807) is 0 Å². The molecule has 3 N–H and O–H groups in total. The van der Waals surface area contributed by atoms with Gasteiger partial charge in [-0.25, -0.2) is 0 Å². The third-order valence-electron chi connectivity index (χ3n) is 3.39. The van der Waals surface area contributed by atoms with Gasteiger partial charge >= 0.3 is 0 Å². The van der Waals surface area contributed by atoms with Crippen LogP contribution in [0.1, 0.15) is 19.8 Å². The van der Waals surface area contributed by atoms with E-state index in [4.69, 9.17) is 5.11 Å². The topological polar surface area (TPSA) is 55.7 Å². The molecule has 1 saturated heterocycles. The molecule has 0 aliphatic carbocycles. The molecule has 0 radical (unpaired) electrons. The van der Waals surface area contributed by atoms with E-state index in [9.17, 15) is 5.11 Å². The van der Waals surface area contributed by atoms with Crippen LogP contribution in [0, 0.1) is 5.92 Å². The van der Waals surface area contributed by atoms with Crippen molar-refractivity contribution in [2.24, 2.45) is 5.92 Å². The van der Waals surface area contributed by atoms with Gasteiger partial charge in [-0.05, 0) is 25.9 Å². The van der Waals surface area contributed by atoms with E-state index in [2.05, 4.69) is 17.1 Å². The maximum atomic E-state index is 9.38. The molecule has 0 amide bonds. The molecule has 1 aliphatic rings. The standard InChI is InChI=1S/C11H24N2O2/c1-3-9-6-13(7-10(15)8-14)5-4-11(9)12-2/h9-12,14-15H,3-8H2,1-2H3. The minimum Gasteiger partial charge on any atom is -0.394 e. The first-order valence-electron chi connectivity index (χ1n) is 5.89. The van der Waals surface area contributed by atoms with Gasteiger partial charge in [0.2, 0.25) is 0 Å². The Hall–Kier alpha value is -0.160. The zero-order chi connectivity index (χ0) is 11.3. The van der Waals surface area contributed by atoms with Crippen molar-refractivity contribution in [3.05, 3.63) is 0 Å². The molecule has 3 unspecified atom stereocenters. The Kier molecular flexibility index (Phi) is 5.53. The summed E-state index contributed by atoms with van der Waals surface area (Å²) < 4.78 is 0. The van der Waals surface area contributed by atoms with E-state index >= 15 is 0 Å². The van der Waals surface area contributed by atoms with Crippen molar-refractivity contribution in [1.82, 2.24) is 10.2 Å². The number of hydrogen-bond acceptors (Lipinski definition) is 4. The Labute approximate surface area is 92.3 Å². The summed E-state index contributed by atoms with van der Waals surface area (Å²) in [7, 11) is 2.02. The lowest BCUT2D eigenvalue weighted by Gasteiger charge is -2.38. The monoisotopic (exact) mass is 216 g/mol. The fourth-order valence-corrected chi connectivity index (χ4v) is 2.42. The lowest BCUT2D eigenvalue weighted by atomic mass is 9.90. The van der Waals surface area contributed by atoms with Gasteiger partial charge in [0.15, 0.2) is 0 Å². The van der Waals surface area contributed by atoms with Crippen LogP contribution in [-0.4, -0.2) is 60.5 Å². The van der Waals surface area contributed by atoms with Gasteiger partial charge in [0.05, 0.1) is 12.7 Å². The van der Waals surface area contributed by atoms with E-state index in [0.29, 0.717) is 18.5 Å². The average molecular weight is 216 g/mol. The summed E-state index contributed by atoms with van der Waals surface area (Å²) >= 11 is 0. The second kappa shape index (κ2) is 6.43. The van der Waals surface area contributed by atoms with Crippen LogP contribution in [0.5, 0.6) is 0 Å². The minimum atomic E-state index is -0.589. The van der Waals surface area contributed by atoms with Crippen molar-refractivity contribution < 1.29 is 10.2 Å². The minimum absolute atomic E-state index is 0.136. The Bertz CT molecular complexity index is 178. The van der Waals surface area contributed by atoms with Crippen LogP contribution in [0.25, 0.3) is 0 Å². The Morgan fingerprint density at radius 2 is 2.27 bits per heavy atom. The van der Waals surface area contributed by atoms with Crippen molar-refractivity contribution in [2.75, 3.05) is 33.3 Å². The van der Waals surface area contributed by atoms with Crippen molar-refractivity contribution in [3.63, 3.8) is 0 Å². The number of aliphatic hydroxyl groups excluding tert-OH is 2. The zero-order valence-electron chi connectivity index (χ0n) is 9.82. The summed E-state index contributed by atoms with van der Waals surface area (Å²) in [5, 5.41) is 21.5. The van der Waals surface area contributed by atoms with Gasteiger partial charge in [-0.3, -0.25) is 0 Å². The smallest absolute Gasteiger partial charge is 0.0897 e. The highest BCUT2D eigenvalue weighted by molar-refractivity contribution is 4.84. The molecule has 4 nitrogen and oxygen atoms in total. The molecule has 3 atom stereocenters. The summed E-state index contributed by atoms with van der Waals surface area (Å²) in [6, 6.07) is 0.609. The summed E-state index contributed by atoms with van der Waals surface area (Å²) in [6.45, 7) is 4.71. The largest absolute Gasteiger partial charge is 0.394 e. The summed E-state index contributed by atoms with van der Waals surface area (Å²) in [5.41, 5.74) is 0. The van der Waals surface area contributed by atoms with Gasteiger partial charge in [0, 0.05) is 19.1 Å². The van der Waals surface area contributed by atoms with E-state index in [-0.39, 0.29) is 6.61 Å². The molecule has 1 fully saturated rings. The molecule has 1 aliphatic heterocycles. The van der Waals surface area contributed by atoms with Crippen molar-refractivity contribution in [2.45, 2.75) is 31.9 Å². The van der Waals surface area contributed by atoms with Crippen LogP contribution in [0.2, 0.25) is 0 Å². The molecular formula is C11H24N2O2. The molecule has 1 rings (SSSR count). The number of β-amino-alcohol motifs (C(OH)–C–C–N with tert-alkyl or cyclic N) is 1. The first-order chi connectivity index (χ1) is 7.21. The second-order valence-electron chi connectivity index (χ2n) is 4.45. The predicted molar refractivity (Wildman–Crippen MR) is 60.8 cm³/mol. The number of piperidine rings is 1. The number of rotatable bonds is 5. The lowest BCUT2D eigenvalue weighted by molar-refractivity contribution is 0.0379. The predicted octanol–water partition coefficient (Wildman–Crippen LogP) is -0.340. The third kappa shape index (κ3) is 3.72. The maximum absolute atomic E-state index is 9.38. The number of nitrogens with one attached hydrogen (secondary N) is 1. The molecule has 0 aromatic carbocycles. The molecule has 4 heteroatoms. The van der Waals surface area contributed by atoms with Crippen LogP contribution >= 0.6 is 0 Å². The molecule has 15 heavy (non-hydrogen) atoms. The fraction of sp³-hybridized carbons (Fsp3) is 1.00.